The standard InChI is InChI=1S/C19H20N2O3/c1-14-7-9-15(10-8-14)21-18(13-24-12-11-23-2)20-17-6-4-3-5-16(17)19(21)22/h3-10H,11-13H2,1-2H3. The minimum Gasteiger partial charge on any atom is -0.382 e. The maximum atomic E-state index is 13.0. The fourth-order valence-electron chi connectivity index (χ4n) is 2.54. The van der Waals surface area contributed by atoms with E-state index in [1.165, 1.54) is 0 Å². The van der Waals surface area contributed by atoms with Crippen molar-refractivity contribution >= 4 is 10.9 Å². The van der Waals surface area contributed by atoms with Gasteiger partial charge >= 0.3 is 0 Å². The maximum absolute atomic E-state index is 13.0. The van der Waals surface area contributed by atoms with Crippen molar-refractivity contribution in [1.29, 1.82) is 0 Å². The molecule has 0 aliphatic heterocycles. The van der Waals surface area contributed by atoms with Gasteiger partial charge in [-0.15, -0.1) is 0 Å². The van der Waals surface area contributed by atoms with E-state index in [0.717, 1.165) is 11.3 Å². The van der Waals surface area contributed by atoms with E-state index in [4.69, 9.17) is 9.47 Å². The first-order valence-corrected chi connectivity index (χ1v) is 7.85. The van der Waals surface area contributed by atoms with Crippen molar-refractivity contribution < 1.29 is 9.47 Å². The van der Waals surface area contributed by atoms with Crippen molar-refractivity contribution in [2.75, 3.05) is 20.3 Å². The molecule has 1 heterocycles. The van der Waals surface area contributed by atoms with Crippen molar-refractivity contribution in [3.63, 3.8) is 0 Å². The monoisotopic (exact) mass is 324 g/mol. The maximum Gasteiger partial charge on any atom is 0.266 e. The number of fused-ring (bicyclic) bond motifs is 1. The summed E-state index contributed by atoms with van der Waals surface area (Å²) in [4.78, 5) is 17.6. The second-order valence-electron chi connectivity index (χ2n) is 5.57. The summed E-state index contributed by atoms with van der Waals surface area (Å²) in [6.07, 6.45) is 0. The highest BCUT2D eigenvalue weighted by atomic mass is 16.5. The van der Waals surface area contributed by atoms with Gasteiger partial charge in [-0.2, -0.15) is 0 Å². The molecule has 2 aromatic carbocycles. The van der Waals surface area contributed by atoms with Crippen molar-refractivity contribution in [2.24, 2.45) is 0 Å². The summed E-state index contributed by atoms with van der Waals surface area (Å²) < 4.78 is 12.2. The number of aromatic nitrogens is 2. The minimum atomic E-state index is -0.0882. The zero-order valence-electron chi connectivity index (χ0n) is 13.9. The third-order valence-electron chi connectivity index (χ3n) is 3.80. The Labute approximate surface area is 140 Å². The van der Waals surface area contributed by atoms with Crippen LogP contribution in [0.2, 0.25) is 0 Å². The van der Waals surface area contributed by atoms with Gasteiger partial charge in [-0.05, 0) is 31.2 Å². The van der Waals surface area contributed by atoms with Gasteiger partial charge in [0.05, 0.1) is 29.8 Å². The molecule has 0 atom stereocenters. The molecule has 1 aromatic heterocycles. The SMILES string of the molecule is COCCOCc1nc2ccccc2c(=O)n1-c1ccc(C)cc1. The van der Waals surface area contributed by atoms with Gasteiger partial charge in [0.1, 0.15) is 12.4 Å². The van der Waals surface area contributed by atoms with Crippen molar-refractivity contribution in [2.45, 2.75) is 13.5 Å². The third-order valence-corrected chi connectivity index (χ3v) is 3.80. The van der Waals surface area contributed by atoms with Gasteiger partial charge in [0, 0.05) is 7.11 Å². The number of hydrogen-bond acceptors (Lipinski definition) is 4. The number of aryl methyl sites for hydroxylation is 1. The Kier molecular flexibility index (Phi) is 5.03. The van der Waals surface area contributed by atoms with E-state index >= 15 is 0 Å². The highest BCUT2D eigenvalue weighted by molar-refractivity contribution is 5.77. The van der Waals surface area contributed by atoms with Crippen LogP contribution in [0.4, 0.5) is 0 Å². The van der Waals surface area contributed by atoms with E-state index < -0.39 is 0 Å². The molecule has 3 rings (SSSR count). The average Bonchev–Trinajstić information content (AvgIpc) is 2.60. The number of nitrogens with zero attached hydrogens (tertiary/aromatic N) is 2. The smallest absolute Gasteiger partial charge is 0.266 e. The van der Waals surface area contributed by atoms with Crippen LogP contribution in [-0.2, 0) is 16.1 Å². The largest absolute Gasteiger partial charge is 0.382 e. The van der Waals surface area contributed by atoms with Crippen LogP contribution < -0.4 is 5.56 Å². The van der Waals surface area contributed by atoms with E-state index in [1.54, 1.807) is 17.7 Å². The summed E-state index contributed by atoms with van der Waals surface area (Å²) in [5.41, 5.74) is 2.51. The highest BCUT2D eigenvalue weighted by Gasteiger charge is 2.12. The molecular formula is C19H20N2O3. The van der Waals surface area contributed by atoms with E-state index in [9.17, 15) is 4.79 Å². The van der Waals surface area contributed by atoms with Crippen LogP contribution in [0.15, 0.2) is 53.3 Å². The van der Waals surface area contributed by atoms with Crippen LogP contribution in [0.25, 0.3) is 16.6 Å². The van der Waals surface area contributed by atoms with Crippen LogP contribution in [0.5, 0.6) is 0 Å². The Morgan fingerprint density at radius 1 is 1.04 bits per heavy atom. The van der Waals surface area contributed by atoms with Crippen molar-refractivity contribution in [1.82, 2.24) is 9.55 Å². The molecule has 0 fully saturated rings. The zero-order valence-corrected chi connectivity index (χ0v) is 13.9. The van der Waals surface area contributed by atoms with E-state index in [0.29, 0.717) is 29.9 Å². The second kappa shape index (κ2) is 7.38. The highest BCUT2D eigenvalue weighted by Crippen LogP contribution is 2.14. The summed E-state index contributed by atoms with van der Waals surface area (Å²) >= 11 is 0. The van der Waals surface area contributed by atoms with Crippen LogP contribution in [0.3, 0.4) is 0 Å². The molecule has 0 saturated heterocycles. The molecule has 0 saturated carbocycles. The molecule has 0 bridgehead atoms. The van der Waals surface area contributed by atoms with Crippen molar-refractivity contribution in [3.05, 3.63) is 70.3 Å². The molecule has 0 N–H and O–H groups in total. The summed E-state index contributed by atoms with van der Waals surface area (Å²) in [5, 5.41) is 0.596. The first-order valence-electron chi connectivity index (χ1n) is 7.85. The third kappa shape index (κ3) is 3.37. The quantitative estimate of drug-likeness (QED) is 0.654. The fourth-order valence-corrected chi connectivity index (χ4v) is 2.54. The molecule has 0 unspecified atom stereocenters. The average molecular weight is 324 g/mol. The number of benzene rings is 2. The Bertz CT molecular complexity index is 885. The van der Waals surface area contributed by atoms with Crippen molar-refractivity contribution in [3.8, 4) is 5.69 Å². The molecule has 0 aliphatic rings. The van der Waals surface area contributed by atoms with Gasteiger partial charge in [0.2, 0.25) is 0 Å². The Morgan fingerprint density at radius 3 is 2.54 bits per heavy atom. The number of para-hydroxylation sites is 1. The Morgan fingerprint density at radius 2 is 1.79 bits per heavy atom. The molecule has 0 radical (unpaired) electrons. The number of hydrogen-bond donors (Lipinski definition) is 0. The number of ether oxygens (including phenoxy) is 2. The Hall–Kier alpha value is -2.50. The predicted octanol–water partition coefficient (Wildman–Crippen LogP) is 2.86. The van der Waals surface area contributed by atoms with Gasteiger partial charge in [-0.3, -0.25) is 9.36 Å². The summed E-state index contributed by atoms with van der Waals surface area (Å²) in [5.74, 6) is 0.582. The van der Waals surface area contributed by atoms with E-state index in [2.05, 4.69) is 4.98 Å². The molecule has 0 aliphatic carbocycles. The van der Waals surface area contributed by atoms with E-state index in [-0.39, 0.29) is 12.2 Å². The van der Waals surface area contributed by atoms with Gasteiger partial charge < -0.3 is 9.47 Å². The topological polar surface area (TPSA) is 53.4 Å². The molecule has 5 heteroatoms. The normalized spacial score (nSPS) is 11.1. The zero-order chi connectivity index (χ0) is 16.9. The summed E-state index contributed by atoms with van der Waals surface area (Å²) in [6.45, 7) is 3.21. The molecule has 3 aromatic rings. The molecule has 5 nitrogen and oxygen atoms in total. The second-order valence-corrected chi connectivity index (χ2v) is 5.57. The lowest BCUT2D eigenvalue weighted by Crippen LogP contribution is -2.24. The van der Waals surface area contributed by atoms with Crippen LogP contribution >= 0.6 is 0 Å². The van der Waals surface area contributed by atoms with E-state index in [1.807, 2.05) is 49.4 Å². The lowest BCUT2D eigenvalue weighted by atomic mass is 10.2. The summed E-state index contributed by atoms with van der Waals surface area (Å²) in [6, 6.07) is 15.2. The molecule has 0 amide bonds. The van der Waals surface area contributed by atoms with Gasteiger partial charge in [0.25, 0.3) is 5.56 Å². The first kappa shape index (κ1) is 16.4. The van der Waals surface area contributed by atoms with Crippen LogP contribution in [-0.4, -0.2) is 29.9 Å². The lowest BCUT2D eigenvalue weighted by molar-refractivity contribution is 0.0578. The van der Waals surface area contributed by atoms with Crippen LogP contribution in [0.1, 0.15) is 11.4 Å². The van der Waals surface area contributed by atoms with Gasteiger partial charge in [0.15, 0.2) is 0 Å². The van der Waals surface area contributed by atoms with Gasteiger partial charge in [-0.25, -0.2) is 4.98 Å². The number of rotatable bonds is 6. The predicted molar refractivity (Wildman–Crippen MR) is 93.6 cm³/mol. The minimum absolute atomic E-state index is 0.0882. The number of methoxy groups -OCH3 is 1. The van der Waals surface area contributed by atoms with Gasteiger partial charge in [-0.1, -0.05) is 29.8 Å². The van der Waals surface area contributed by atoms with Crippen LogP contribution in [0, 0.1) is 6.92 Å². The molecule has 0 spiro atoms. The molecular weight excluding hydrogens is 304 g/mol. The summed E-state index contributed by atoms with van der Waals surface area (Å²) in [7, 11) is 1.62. The lowest BCUT2D eigenvalue weighted by Gasteiger charge is -2.14. The fraction of sp³-hybridized carbons (Fsp3) is 0.263. The first-order chi connectivity index (χ1) is 11.7. The molecule has 124 valence electrons. The molecule has 24 heavy (non-hydrogen) atoms. The Balaban J connectivity index is 2.10.